The van der Waals surface area contributed by atoms with E-state index in [9.17, 15) is 5.11 Å². The second kappa shape index (κ2) is 3.58. The van der Waals surface area contributed by atoms with Crippen molar-refractivity contribution in [2.24, 2.45) is 5.41 Å². The van der Waals surface area contributed by atoms with Crippen molar-refractivity contribution >= 4 is 0 Å². The summed E-state index contributed by atoms with van der Waals surface area (Å²) >= 11 is 0. The highest BCUT2D eigenvalue weighted by atomic mass is 16.5. The molecule has 0 saturated heterocycles. The Labute approximate surface area is 81.3 Å². The number of hydrogen-bond acceptors (Lipinski definition) is 2. The van der Waals surface area contributed by atoms with Crippen LogP contribution in [-0.2, 0) is 4.74 Å². The van der Waals surface area contributed by atoms with E-state index in [4.69, 9.17) is 4.74 Å². The lowest BCUT2D eigenvalue weighted by atomic mass is 9.72. The Kier molecular flexibility index (Phi) is 3.03. The van der Waals surface area contributed by atoms with E-state index in [1.165, 1.54) is 6.42 Å². The second-order valence-electron chi connectivity index (χ2n) is 5.33. The minimum Gasteiger partial charge on any atom is -0.392 e. The molecule has 2 nitrogen and oxygen atoms in total. The van der Waals surface area contributed by atoms with Crippen LogP contribution in [0.1, 0.15) is 46.5 Å². The van der Waals surface area contributed by atoms with E-state index in [1.807, 2.05) is 0 Å². The summed E-state index contributed by atoms with van der Waals surface area (Å²) in [6.07, 6.45) is 3.98. The van der Waals surface area contributed by atoms with E-state index >= 15 is 0 Å². The van der Waals surface area contributed by atoms with Crippen molar-refractivity contribution in [3.8, 4) is 0 Å². The highest BCUT2D eigenvalue weighted by Gasteiger charge is 2.41. The number of aliphatic hydroxyl groups is 1. The van der Waals surface area contributed by atoms with Gasteiger partial charge in [0.05, 0.1) is 11.7 Å². The average Bonchev–Trinajstić information content (AvgIpc) is 1.94. The SMILES string of the molecule is COC1(CC(O)C(C)(C)C)CCC1. The molecule has 0 spiro atoms. The molecule has 0 heterocycles. The van der Waals surface area contributed by atoms with Gasteiger partial charge in [-0.2, -0.15) is 0 Å². The van der Waals surface area contributed by atoms with Gasteiger partial charge in [-0.25, -0.2) is 0 Å². The maximum atomic E-state index is 9.94. The van der Waals surface area contributed by atoms with Crippen molar-refractivity contribution in [3.05, 3.63) is 0 Å². The van der Waals surface area contributed by atoms with E-state index in [2.05, 4.69) is 20.8 Å². The molecule has 0 aromatic carbocycles. The zero-order valence-electron chi connectivity index (χ0n) is 9.26. The van der Waals surface area contributed by atoms with Crippen molar-refractivity contribution in [3.63, 3.8) is 0 Å². The second-order valence-corrected chi connectivity index (χ2v) is 5.33. The first-order valence-electron chi connectivity index (χ1n) is 5.13. The molecule has 78 valence electrons. The summed E-state index contributed by atoms with van der Waals surface area (Å²) < 4.78 is 5.48. The van der Waals surface area contributed by atoms with Gasteiger partial charge in [0.25, 0.3) is 0 Å². The first-order chi connectivity index (χ1) is 5.90. The number of rotatable bonds is 3. The van der Waals surface area contributed by atoms with Gasteiger partial charge in [-0.1, -0.05) is 20.8 Å². The largest absolute Gasteiger partial charge is 0.392 e. The van der Waals surface area contributed by atoms with Gasteiger partial charge < -0.3 is 9.84 Å². The molecule has 1 atom stereocenters. The van der Waals surface area contributed by atoms with E-state index in [0.29, 0.717) is 0 Å². The third kappa shape index (κ3) is 2.44. The van der Waals surface area contributed by atoms with Gasteiger partial charge in [0.1, 0.15) is 0 Å². The van der Waals surface area contributed by atoms with Crippen LogP contribution in [0.25, 0.3) is 0 Å². The van der Waals surface area contributed by atoms with Gasteiger partial charge in [0.15, 0.2) is 0 Å². The van der Waals surface area contributed by atoms with Gasteiger partial charge in [0.2, 0.25) is 0 Å². The highest BCUT2D eigenvalue weighted by Crippen LogP contribution is 2.41. The fraction of sp³-hybridized carbons (Fsp3) is 1.00. The minimum absolute atomic E-state index is 0.00725. The van der Waals surface area contributed by atoms with Gasteiger partial charge >= 0.3 is 0 Å². The Morgan fingerprint density at radius 1 is 1.38 bits per heavy atom. The van der Waals surface area contributed by atoms with Crippen LogP contribution in [0.5, 0.6) is 0 Å². The molecule has 1 aliphatic carbocycles. The van der Waals surface area contributed by atoms with Crippen LogP contribution >= 0.6 is 0 Å². The standard InChI is InChI=1S/C11H22O2/c1-10(2,3)9(12)8-11(13-4)6-5-7-11/h9,12H,5-8H2,1-4H3. The first-order valence-corrected chi connectivity index (χ1v) is 5.13. The van der Waals surface area contributed by atoms with Crippen LogP contribution in [0.15, 0.2) is 0 Å². The lowest BCUT2D eigenvalue weighted by molar-refractivity contribution is -0.114. The molecular weight excluding hydrogens is 164 g/mol. The van der Waals surface area contributed by atoms with E-state index in [-0.39, 0.29) is 17.1 Å². The number of ether oxygens (including phenoxy) is 1. The van der Waals surface area contributed by atoms with Crippen molar-refractivity contribution < 1.29 is 9.84 Å². The van der Waals surface area contributed by atoms with Crippen molar-refractivity contribution in [1.29, 1.82) is 0 Å². The maximum Gasteiger partial charge on any atom is 0.0703 e. The summed E-state index contributed by atoms with van der Waals surface area (Å²) in [7, 11) is 1.76. The van der Waals surface area contributed by atoms with Crippen molar-refractivity contribution in [2.45, 2.75) is 58.2 Å². The smallest absolute Gasteiger partial charge is 0.0703 e. The van der Waals surface area contributed by atoms with Crippen molar-refractivity contribution in [1.82, 2.24) is 0 Å². The number of methoxy groups -OCH3 is 1. The molecule has 0 aromatic heterocycles. The van der Waals surface area contributed by atoms with Crippen LogP contribution in [0, 0.1) is 5.41 Å². The van der Waals surface area contributed by atoms with Crippen LogP contribution in [0.2, 0.25) is 0 Å². The summed E-state index contributed by atoms with van der Waals surface area (Å²) in [5, 5.41) is 9.94. The molecule has 1 unspecified atom stereocenters. The zero-order valence-corrected chi connectivity index (χ0v) is 9.26. The molecule has 0 aromatic rings. The topological polar surface area (TPSA) is 29.5 Å². The summed E-state index contributed by atoms with van der Waals surface area (Å²) in [5.74, 6) is 0. The molecule has 1 saturated carbocycles. The lowest BCUT2D eigenvalue weighted by Crippen LogP contribution is -2.45. The Bertz CT molecular complexity index is 160. The zero-order chi connectivity index (χ0) is 10.1. The van der Waals surface area contributed by atoms with Gasteiger partial charge in [0, 0.05) is 13.5 Å². The molecule has 1 N–H and O–H groups in total. The Hall–Kier alpha value is -0.0800. The molecule has 2 heteroatoms. The molecule has 13 heavy (non-hydrogen) atoms. The summed E-state index contributed by atoms with van der Waals surface area (Å²) in [6.45, 7) is 6.21. The Balaban J connectivity index is 2.47. The Morgan fingerprint density at radius 2 is 1.92 bits per heavy atom. The third-order valence-corrected chi connectivity index (χ3v) is 3.26. The van der Waals surface area contributed by atoms with Crippen molar-refractivity contribution in [2.75, 3.05) is 7.11 Å². The first kappa shape index (κ1) is 11.0. The molecule has 0 bridgehead atoms. The molecule has 0 aliphatic heterocycles. The molecule has 1 fully saturated rings. The maximum absolute atomic E-state index is 9.94. The predicted molar refractivity (Wildman–Crippen MR) is 53.7 cm³/mol. The minimum atomic E-state index is -0.257. The molecule has 0 amide bonds. The van der Waals surface area contributed by atoms with Gasteiger partial charge in [-0.15, -0.1) is 0 Å². The normalized spacial score (nSPS) is 23.8. The van der Waals surface area contributed by atoms with Crippen LogP contribution in [-0.4, -0.2) is 23.9 Å². The van der Waals surface area contributed by atoms with E-state index in [1.54, 1.807) is 7.11 Å². The molecule has 1 aliphatic rings. The Morgan fingerprint density at radius 3 is 2.15 bits per heavy atom. The van der Waals surface area contributed by atoms with Gasteiger partial charge in [-0.3, -0.25) is 0 Å². The van der Waals surface area contributed by atoms with Crippen LogP contribution < -0.4 is 0 Å². The fourth-order valence-electron chi connectivity index (χ4n) is 1.72. The molecular formula is C11H22O2. The number of aliphatic hydroxyl groups excluding tert-OH is 1. The van der Waals surface area contributed by atoms with Gasteiger partial charge in [-0.05, 0) is 24.7 Å². The fourth-order valence-corrected chi connectivity index (χ4v) is 1.72. The summed E-state index contributed by atoms with van der Waals surface area (Å²) in [5.41, 5.74) is -0.0339. The summed E-state index contributed by atoms with van der Waals surface area (Å²) in [4.78, 5) is 0. The highest BCUT2D eigenvalue weighted by molar-refractivity contribution is 4.93. The van der Waals surface area contributed by atoms with Crippen LogP contribution in [0.4, 0.5) is 0 Å². The molecule has 1 rings (SSSR count). The predicted octanol–water partition coefficient (Wildman–Crippen LogP) is 2.35. The van der Waals surface area contributed by atoms with E-state index < -0.39 is 0 Å². The van der Waals surface area contributed by atoms with E-state index in [0.717, 1.165) is 19.3 Å². The monoisotopic (exact) mass is 186 g/mol. The number of hydrogen-bond donors (Lipinski definition) is 1. The van der Waals surface area contributed by atoms with Crippen LogP contribution in [0.3, 0.4) is 0 Å². The third-order valence-electron chi connectivity index (χ3n) is 3.26. The lowest BCUT2D eigenvalue weighted by Gasteiger charge is -2.44. The quantitative estimate of drug-likeness (QED) is 0.733. The molecule has 0 radical (unpaired) electrons. The summed E-state index contributed by atoms with van der Waals surface area (Å²) in [6, 6.07) is 0. The average molecular weight is 186 g/mol.